The Balaban J connectivity index is 1.74. The quantitative estimate of drug-likeness (QED) is 0.414. The average molecular weight is 321 g/mol. The van der Waals surface area contributed by atoms with E-state index in [4.69, 9.17) is 4.74 Å². The van der Waals surface area contributed by atoms with Crippen molar-refractivity contribution in [1.29, 1.82) is 0 Å². The summed E-state index contributed by atoms with van der Waals surface area (Å²) in [5, 5.41) is 11.1. The molecule has 0 atom stereocenters. The lowest BCUT2D eigenvalue weighted by atomic mass is 10.2. The zero-order valence-corrected chi connectivity index (χ0v) is 15.0. The van der Waals surface area contributed by atoms with Crippen molar-refractivity contribution in [3.05, 3.63) is 17.0 Å². The maximum atomic E-state index is 5.65. The van der Waals surface area contributed by atoms with Gasteiger partial charge in [-0.25, -0.2) is 4.99 Å². The van der Waals surface area contributed by atoms with Gasteiger partial charge in [-0.15, -0.1) is 0 Å². The molecule has 0 aliphatic heterocycles. The third-order valence-corrected chi connectivity index (χ3v) is 4.21. The highest BCUT2D eigenvalue weighted by molar-refractivity contribution is 5.79. The van der Waals surface area contributed by atoms with Gasteiger partial charge in [0.05, 0.1) is 12.2 Å². The Kier molecular flexibility index (Phi) is 6.89. The fourth-order valence-corrected chi connectivity index (χ4v) is 2.46. The lowest BCUT2D eigenvalue weighted by Gasteiger charge is -2.11. The summed E-state index contributed by atoms with van der Waals surface area (Å²) in [5.74, 6) is 1.70. The zero-order chi connectivity index (χ0) is 16.7. The largest absolute Gasteiger partial charge is 0.381 e. The number of guanidine groups is 1. The molecule has 1 aromatic heterocycles. The summed E-state index contributed by atoms with van der Waals surface area (Å²) in [6.45, 7) is 10.3. The Morgan fingerprint density at radius 1 is 1.35 bits per heavy atom. The summed E-state index contributed by atoms with van der Waals surface area (Å²) in [6.07, 6.45) is 3.70. The van der Waals surface area contributed by atoms with Crippen LogP contribution in [0.4, 0.5) is 0 Å². The summed E-state index contributed by atoms with van der Waals surface area (Å²) in [7, 11) is 1.97. The molecule has 1 aromatic rings. The summed E-state index contributed by atoms with van der Waals surface area (Å²) in [6, 6.07) is 0. The lowest BCUT2D eigenvalue weighted by Crippen LogP contribution is -2.38. The SMILES string of the molecule is CCNC(=NCc1c(C)nn(C)c1C)NCCCOCC1CC1. The molecule has 6 heteroatoms. The van der Waals surface area contributed by atoms with Gasteiger partial charge in [-0.3, -0.25) is 4.68 Å². The third kappa shape index (κ3) is 5.86. The van der Waals surface area contributed by atoms with E-state index in [0.29, 0.717) is 6.54 Å². The lowest BCUT2D eigenvalue weighted by molar-refractivity contribution is 0.123. The Morgan fingerprint density at radius 2 is 2.13 bits per heavy atom. The summed E-state index contributed by atoms with van der Waals surface area (Å²) in [5.41, 5.74) is 3.44. The first kappa shape index (κ1) is 17.8. The molecule has 130 valence electrons. The van der Waals surface area contributed by atoms with Crippen LogP contribution < -0.4 is 10.6 Å². The standard InChI is InChI=1S/C17H31N5O/c1-5-18-17(19-9-6-10-23-12-15-7-8-15)20-11-16-13(2)21-22(4)14(16)3/h15H,5-12H2,1-4H3,(H2,18,19,20). The van der Waals surface area contributed by atoms with E-state index >= 15 is 0 Å². The van der Waals surface area contributed by atoms with Gasteiger partial charge in [-0.1, -0.05) is 0 Å². The normalized spacial score (nSPS) is 15.0. The molecule has 0 aromatic carbocycles. The van der Waals surface area contributed by atoms with Crippen LogP contribution >= 0.6 is 0 Å². The van der Waals surface area contributed by atoms with Crippen LogP contribution in [0.1, 0.15) is 43.1 Å². The summed E-state index contributed by atoms with van der Waals surface area (Å²) >= 11 is 0. The molecule has 0 radical (unpaired) electrons. The van der Waals surface area contributed by atoms with Gasteiger partial charge in [0.2, 0.25) is 0 Å². The minimum absolute atomic E-state index is 0.652. The molecule has 1 aliphatic rings. The molecule has 0 saturated heterocycles. The van der Waals surface area contributed by atoms with Crippen LogP contribution in [0.25, 0.3) is 0 Å². The Hall–Kier alpha value is -1.56. The van der Waals surface area contributed by atoms with Gasteiger partial charge >= 0.3 is 0 Å². The van der Waals surface area contributed by atoms with E-state index in [1.807, 2.05) is 18.7 Å². The highest BCUT2D eigenvalue weighted by Crippen LogP contribution is 2.28. The van der Waals surface area contributed by atoms with E-state index in [9.17, 15) is 0 Å². The van der Waals surface area contributed by atoms with Crippen molar-refractivity contribution < 1.29 is 4.74 Å². The van der Waals surface area contributed by atoms with Gasteiger partial charge in [-0.2, -0.15) is 5.10 Å². The van der Waals surface area contributed by atoms with Crippen LogP contribution in [0.3, 0.4) is 0 Å². The first-order valence-electron chi connectivity index (χ1n) is 8.70. The van der Waals surface area contributed by atoms with Gasteiger partial charge in [-0.05, 0) is 46.0 Å². The predicted molar refractivity (Wildman–Crippen MR) is 93.7 cm³/mol. The number of aliphatic imine (C=N–C) groups is 1. The summed E-state index contributed by atoms with van der Waals surface area (Å²) < 4.78 is 7.57. The number of nitrogens with zero attached hydrogens (tertiary/aromatic N) is 3. The minimum Gasteiger partial charge on any atom is -0.381 e. The van der Waals surface area contributed by atoms with Crippen LogP contribution in [-0.2, 0) is 18.3 Å². The number of aromatic nitrogens is 2. The number of aryl methyl sites for hydroxylation is 2. The van der Waals surface area contributed by atoms with E-state index in [0.717, 1.165) is 50.3 Å². The molecule has 1 aliphatic carbocycles. The van der Waals surface area contributed by atoms with Crippen LogP contribution in [0, 0.1) is 19.8 Å². The highest BCUT2D eigenvalue weighted by atomic mass is 16.5. The molecule has 0 unspecified atom stereocenters. The van der Waals surface area contributed by atoms with E-state index in [2.05, 4.69) is 34.6 Å². The molecule has 0 bridgehead atoms. The number of ether oxygens (including phenoxy) is 1. The van der Waals surface area contributed by atoms with E-state index in [1.54, 1.807) is 0 Å². The topological polar surface area (TPSA) is 63.5 Å². The van der Waals surface area contributed by atoms with Gasteiger partial charge in [0.25, 0.3) is 0 Å². The second-order valence-electron chi connectivity index (χ2n) is 6.27. The van der Waals surface area contributed by atoms with Crippen molar-refractivity contribution in [1.82, 2.24) is 20.4 Å². The third-order valence-electron chi connectivity index (χ3n) is 4.21. The number of rotatable bonds is 9. The first-order valence-corrected chi connectivity index (χ1v) is 8.70. The van der Waals surface area contributed by atoms with Crippen molar-refractivity contribution in [2.75, 3.05) is 26.3 Å². The van der Waals surface area contributed by atoms with Crippen LogP contribution in [0.15, 0.2) is 4.99 Å². The fraction of sp³-hybridized carbons (Fsp3) is 0.765. The monoisotopic (exact) mass is 321 g/mol. The Morgan fingerprint density at radius 3 is 2.74 bits per heavy atom. The summed E-state index contributed by atoms with van der Waals surface area (Å²) in [4.78, 5) is 4.68. The number of hydrogen-bond acceptors (Lipinski definition) is 3. The van der Waals surface area contributed by atoms with Crippen molar-refractivity contribution >= 4 is 5.96 Å². The van der Waals surface area contributed by atoms with Crippen molar-refractivity contribution in [3.63, 3.8) is 0 Å². The van der Waals surface area contributed by atoms with Crippen LogP contribution in [0.5, 0.6) is 0 Å². The maximum Gasteiger partial charge on any atom is 0.191 e. The molecule has 1 fully saturated rings. The number of nitrogens with one attached hydrogen (secondary N) is 2. The molecule has 23 heavy (non-hydrogen) atoms. The molecular formula is C17H31N5O. The smallest absolute Gasteiger partial charge is 0.191 e. The first-order chi connectivity index (χ1) is 11.1. The molecule has 1 heterocycles. The molecule has 0 amide bonds. The second kappa shape index (κ2) is 8.91. The van der Waals surface area contributed by atoms with Crippen LogP contribution in [0.2, 0.25) is 0 Å². The minimum atomic E-state index is 0.652. The molecule has 1 saturated carbocycles. The maximum absolute atomic E-state index is 5.65. The molecular weight excluding hydrogens is 290 g/mol. The highest BCUT2D eigenvalue weighted by Gasteiger charge is 2.20. The van der Waals surface area contributed by atoms with Crippen molar-refractivity contribution in [3.8, 4) is 0 Å². The van der Waals surface area contributed by atoms with E-state index in [1.165, 1.54) is 24.1 Å². The van der Waals surface area contributed by atoms with Crippen molar-refractivity contribution in [2.45, 2.75) is 46.6 Å². The fourth-order valence-electron chi connectivity index (χ4n) is 2.46. The van der Waals surface area contributed by atoms with E-state index < -0.39 is 0 Å². The Bertz CT molecular complexity index is 519. The van der Waals surface area contributed by atoms with Crippen LogP contribution in [-0.4, -0.2) is 42.0 Å². The number of hydrogen-bond donors (Lipinski definition) is 2. The molecule has 2 rings (SSSR count). The molecule has 6 nitrogen and oxygen atoms in total. The average Bonchev–Trinajstić information content (AvgIpc) is 3.30. The van der Waals surface area contributed by atoms with Gasteiger partial charge in [0.15, 0.2) is 5.96 Å². The molecule has 2 N–H and O–H groups in total. The van der Waals surface area contributed by atoms with Crippen molar-refractivity contribution in [2.24, 2.45) is 18.0 Å². The zero-order valence-electron chi connectivity index (χ0n) is 15.0. The predicted octanol–water partition coefficient (Wildman–Crippen LogP) is 1.91. The van der Waals surface area contributed by atoms with Gasteiger partial charge in [0.1, 0.15) is 0 Å². The van der Waals surface area contributed by atoms with Gasteiger partial charge in [0, 0.05) is 44.6 Å². The second-order valence-corrected chi connectivity index (χ2v) is 6.27. The molecule has 0 spiro atoms. The van der Waals surface area contributed by atoms with E-state index in [-0.39, 0.29) is 0 Å². The Labute approximate surface area is 139 Å². The van der Waals surface area contributed by atoms with Gasteiger partial charge < -0.3 is 15.4 Å².